The van der Waals surface area contributed by atoms with E-state index in [0.717, 1.165) is 6.42 Å². The highest BCUT2D eigenvalue weighted by atomic mass is 16.6. The molecule has 0 heterocycles. The van der Waals surface area contributed by atoms with Crippen LogP contribution in [-0.4, -0.2) is 17.5 Å². The van der Waals surface area contributed by atoms with Gasteiger partial charge in [-0.3, -0.25) is 0 Å². The number of rotatable bonds is 18. The lowest BCUT2D eigenvalue weighted by molar-refractivity contribution is -0.176. The maximum atomic E-state index is 9.42. The number of aliphatic hydroxyl groups is 1. The summed E-state index contributed by atoms with van der Waals surface area (Å²) in [5, 5.41) is 9.42. The van der Waals surface area contributed by atoms with Crippen LogP contribution in [0.1, 0.15) is 124 Å². The first-order chi connectivity index (χ1) is 11.1. The van der Waals surface area contributed by atoms with Gasteiger partial charge in [0.15, 0.2) is 5.79 Å². The molecule has 0 saturated carbocycles. The molecule has 0 aromatic carbocycles. The van der Waals surface area contributed by atoms with Crippen LogP contribution in [0.2, 0.25) is 0 Å². The summed E-state index contributed by atoms with van der Waals surface area (Å²) in [6.45, 7) is 6.35. The Morgan fingerprint density at radius 3 is 1.17 bits per heavy atom. The molecule has 0 spiro atoms. The van der Waals surface area contributed by atoms with Crippen molar-refractivity contribution in [1.82, 2.24) is 0 Å². The molecule has 1 N–H and O–H groups in total. The fourth-order valence-electron chi connectivity index (χ4n) is 2.97. The second-order valence-corrected chi connectivity index (χ2v) is 7.60. The fraction of sp³-hybridized carbons (Fsp3) is 1.00. The molecular formula is C21H44O2. The summed E-state index contributed by atoms with van der Waals surface area (Å²) in [5.41, 5.74) is 0. The van der Waals surface area contributed by atoms with Gasteiger partial charge in [0, 0.05) is 6.61 Å². The van der Waals surface area contributed by atoms with E-state index in [9.17, 15) is 5.11 Å². The van der Waals surface area contributed by atoms with Crippen LogP contribution in [-0.2, 0) is 4.74 Å². The van der Waals surface area contributed by atoms with Gasteiger partial charge in [-0.05, 0) is 20.3 Å². The van der Waals surface area contributed by atoms with Gasteiger partial charge in [0.05, 0.1) is 0 Å². The molecule has 0 unspecified atom stereocenters. The fourth-order valence-corrected chi connectivity index (χ4v) is 2.97. The van der Waals surface area contributed by atoms with Crippen molar-refractivity contribution in [3.05, 3.63) is 0 Å². The monoisotopic (exact) mass is 328 g/mol. The minimum absolute atomic E-state index is 0.682. The molecule has 0 fully saturated rings. The zero-order valence-corrected chi connectivity index (χ0v) is 16.4. The average Bonchev–Trinajstić information content (AvgIpc) is 2.49. The third-order valence-electron chi connectivity index (χ3n) is 4.45. The minimum atomic E-state index is -0.963. The third kappa shape index (κ3) is 21.9. The van der Waals surface area contributed by atoms with Crippen LogP contribution >= 0.6 is 0 Å². The smallest absolute Gasteiger partial charge is 0.159 e. The van der Waals surface area contributed by atoms with Crippen LogP contribution in [0.25, 0.3) is 0 Å². The molecule has 0 radical (unpaired) electrons. The quantitative estimate of drug-likeness (QED) is 0.217. The molecule has 0 atom stereocenters. The van der Waals surface area contributed by atoms with Crippen LogP contribution in [0, 0.1) is 0 Å². The maximum absolute atomic E-state index is 9.42. The standard InChI is InChI=1S/C21H44O2/c1-4-5-6-7-8-9-10-11-12-13-14-15-16-17-18-19-20-23-21(2,3)22/h22H,4-20H2,1-3H3. The highest BCUT2D eigenvalue weighted by Gasteiger charge is 2.10. The first-order valence-corrected chi connectivity index (χ1v) is 10.4. The van der Waals surface area contributed by atoms with E-state index in [1.165, 1.54) is 96.3 Å². The lowest BCUT2D eigenvalue weighted by Crippen LogP contribution is -2.23. The van der Waals surface area contributed by atoms with Crippen molar-refractivity contribution in [1.29, 1.82) is 0 Å². The predicted molar refractivity (Wildman–Crippen MR) is 102 cm³/mol. The zero-order valence-electron chi connectivity index (χ0n) is 16.4. The van der Waals surface area contributed by atoms with Crippen LogP contribution < -0.4 is 0 Å². The summed E-state index contributed by atoms with van der Waals surface area (Å²) >= 11 is 0. The Morgan fingerprint density at radius 1 is 0.565 bits per heavy atom. The minimum Gasteiger partial charge on any atom is -0.366 e. The number of hydrogen-bond acceptors (Lipinski definition) is 2. The normalized spacial score (nSPS) is 12.0. The highest BCUT2D eigenvalue weighted by Crippen LogP contribution is 2.14. The molecule has 2 nitrogen and oxygen atoms in total. The van der Waals surface area contributed by atoms with Gasteiger partial charge in [-0.25, -0.2) is 0 Å². The summed E-state index contributed by atoms with van der Waals surface area (Å²) in [6, 6.07) is 0. The lowest BCUT2D eigenvalue weighted by atomic mass is 10.0. The molecular weight excluding hydrogens is 284 g/mol. The molecule has 0 aliphatic carbocycles. The molecule has 140 valence electrons. The summed E-state index contributed by atoms with van der Waals surface area (Å²) < 4.78 is 5.30. The Bertz CT molecular complexity index is 220. The molecule has 0 aromatic rings. The van der Waals surface area contributed by atoms with Gasteiger partial charge in [-0.2, -0.15) is 0 Å². The van der Waals surface area contributed by atoms with Crippen molar-refractivity contribution in [2.24, 2.45) is 0 Å². The molecule has 0 rings (SSSR count). The second kappa shape index (κ2) is 16.8. The van der Waals surface area contributed by atoms with E-state index in [-0.39, 0.29) is 0 Å². The van der Waals surface area contributed by atoms with E-state index in [1.54, 1.807) is 13.8 Å². The van der Waals surface area contributed by atoms with Crippen molar-refractivity contribution in [3.63, 3.8) is 0 Å². The SMILES string of the molecule is CCCCCCCCCCCCCCCCCCOC(C)(C)O. The van der Waals surface area contributed by atoms with E-state index in [1.807, 2.05) is 0 Å². The van der Waals surface area contributed by atoms with Crippen molar-refractivity contribution in [2.75, 3.05) is 6.61 Å². The number of unbranched alkanes of at least 4 members (excludes halogenated alkanes) is 15. The van der Waals surface area contributed by atoms with Gasteiger partial charge in [0.1, 0.15) is 0 Å². The average molecular weight is 329 g/mol. The van der Waals surface area contributed by atoms with Gasteiger partial charge in [0.2, 0.25) is 0 Å². The number of ether oxygens (including phenoxy) is 1. The van der Waals surface area contributed by atoms with Crippen LogP contribution in [0.4, 0.5) is 0 Å². The van der Waals surface area contributed by atoms with Gasteiger partial charge >= 0.3 is 0 Å². The molecule has 2 heteroatoms. The van der Waals surface area contributed by atoms with Crippen molar-refractivity contribution in [2.45, 2.75) is 129 Å². The van der Waals surface area contributed by atoms with Crippen molar-refractivity contribution in [3.8, 4) is 0 Å². The Hall–Kier alpha value is -0.0800. The van der Waals surface area contributed by atoms with Gasteiger partial charge in [-0.15, -0.1) is 0 Å². The summed E-state index contributed by atoms with van der Waals surface area (Å²) in [7, 11) is 0. The molecule has 0 aromatic heterocycles. The highest BCUT2D eigenvalue weighted by molar-refractivity contribution is 4.51. The van der Waals surface area contributed by atoms with E-state index < -0.39 is 5.79 Å². The number of hydrogen-bond donors (Lipinski definition) is 1. The van der Waals surface area contributed by atoms with Crippen molar-refractivity contribution < 1.29 is 9.84 Å². The molecule has 0 aliphatic heterocycles. The van der Waals surface area contributed by atoms with E-state index in [0.29, 0.717) is 6.61 Å². The van der Waals surface area contributed by atoms with Crippen molar-refractivity contribution >= 4 is 0 Å². The molecule has 0 saturated heterocycles. The molecule has 23 heavy (non-hydrogen) atoms. The van der Waals surface area contributed by atoms with E-state index >= 15 is 0 Å². The molecule has 0 bridgehead atoms. The summed E-state index contributed by atoms with van der Waals surface area (Å²) in [5.74, 6) is -0.963. The predicted octanol–water partition coefficient (Wildman–Crippen LogP) is 6.99. The van der Waals surface area contributed by atoms with E-state index in [4.69, 9.17) is 4.74 Å². The van der Waals surface area contributed by atoms with Crippen LogP contribution in [0.5, 0.6) is 0 Å². The van der Waals surface area contributed by atoms with Crippen LogP contribution in [0.15, 0.2) is 0 Å². The van der Waals surface area contributed by atoms with E-state index in [2.05, 4.69) is 6.92 Å². The van der Waals surface area contributed by atoms with Crippen LogP contribution in [0.3, 0.4) is 0 Å². The third-order valence-corrected chi connectivity index (χ3v) is 4.45. The first-order valence-electron chi connectivity index (χ1n) is 10.4. The van der Waals surface area contributed by atoms with Gasteiger partial charge in [0.25, 0.3) is 0 Å². The Kier molecular flexibility index (Phi) is 16.7. The summed E-state index contributed by atoms with van der Waals surface area (Å²) in [4.78, 5) is 0. The van der Waals surface area contributed by atoms with Gasteiger partial charge in [-0.1, -0.05) is 103 Å². The first kappa shape index (κ1) is 22.9. The Labute approximate surface area is 146 Å². The Balaban J connectivity index is 3.00. The topological polar surface area (TPSA) is 29.5 Å². The Morgan fingerprint density at radius 2 is 0.870 bits per heavy atom. The molecule has 0 aliphatic rings. The lowest BCUT2D eigenvalue weighted by Gasteiger charge is -2.17. The maximum Gasteiger partial charge on any atom is 0.159 e. The van der Waals surface area contributed by atoms with Gasteiger partial charge < -0.3 is 9.84 Å². The molecule has 0 amide bonds. The zero-order chi connectivity index (χ0) is 17.2. The summed E-state index contributed by atoms with van der Waals surface area (Å²) in [6.07, 6.45) is 22.1. The second-order valence-electron chi connectivity index (χ2n) is 7.60. The largest absolute Gasteiger partial charge is 0.366 e.